The van der Waals surface area contributed by atoms with Crippen LogP contribution in [0.25, 0.3) is 0 Å². The third kappa shape index (κ3) is 1.09. The van der Waals surface area contributed by atoms with Crippen molar-refractivity contribution in [2.24, 2.45) is 5.84 Å². The van der Waals surface area contributed by atoms with Gasteiger partial charge in [-0.15, -0.1) is 0 Å². The van der Waals surface area contributed by atoms with Gasteiger partial charge in [-0.1, -0.05) is 0 Å². The first kappa shape index (κ1) is 7.02. The fourth-order valence-electron chi connectivity index (χ4n) is 0.929. The van der Waals surface area contributed by atoms with Crippen molar-refractivity contribution < 1.29 is 0 Å². The number of hydrogen-bond donors (Lipinski definition) is 2. The Kier molecular flexibility index (Phi) is 1.87. The highest BCUT2D eigenvalue weighted by Gasteiger charge is 1.97. The largest absolute Gasteiger partial charge is 0.323 e. The van der Waals surface area contributed by atoms with Crippen LogP contribution in [0.15, 0.2) is 12.4 Å². The fourth-order valence-corrected chi connectivity index (χ4v) is 0.929. The van der Waals surface area contributed by atoms with E-state index in [-0.39, 0.29) is 0 Å². The molecule has 0 saturated carbocycles. The Morgan fingerprint density at radius 1 is 1.30 bits per heavy atom. The van der Waals surface area contributed by atoms with Crippen LogP contribution in [-0.2, 0) is 0 Å². The summed E-state index contributed by atoms with van der Waals surface area (Å²) in [6.45, 7) is 3.93. The molecule has 3 N–H and O–H groups in total. The summed E-state index contributed by atoms with van der Waals surface area (Å²) in [4.78, 5) is 4.00. The highest BCUT2D eigenvalue weighted by Crippen LogP contribution is 2.15. The summed E-state index contributed by atoms with van der Waals surface area (Å²) in [5, 5.41) is 0. The molecule has 0 radical (unpaired) electrons. The number of anilines is 1. The maximum absolute atomic E-state index is 5.27. The average molecular weight is 137 g/mol. The summed E-state index contributed by atoms with van der Waals surface area (Å²) in [5.41, 5.74) is 5.73. The molecule has 3 heteroatoms. The van der Waals surface area contributed by atoms with E-state index in [1.807, 2.05) is 13.8 Å². The van der Waals surface area contributed by atoms with E-state index < -0.39 is 0 Å². The molecule has 1 aromatic rings. The van der Waals surface area contributed by atoms with Crippen LogP contribution in [-0.4, -0.2) is 4.98 Å². The first-order valence-corrected chi connectivity index (χ1v) is 3.13. The summed E-state index contributed by atoms with van der Waals surface area (Å²) in [7, 11) is 0. The number of nitrogens with two attached hydrogens (primary N) is 1. The highest BCUT2D eigenvalue weighted by molar-refractivity contribution is 5.53. The van der Waals surface area contributed by atoms with Crippen LogP contribution in [0.2, 0.25) is 0 Å². The second-order valence-electron chi connectivity index (χ2n) is 2.29. The predicted octanol–water partition coefficient (Wildman–Crippen LogP) is 0.984. The second-order valence-corrected chi connectivity index (χ2v) is 2.29. The van der Waals surface area contributed by atoms with Gasteiger partial charge in [-0.3, -0.25) is 10.8 Å². The SMILES string of the molecule is Cc1cncc(C)c1NN. The van der Waals surface area contributed by atoms with Crippen LogP contribution < -0.4 is 11.3 Å². The topological polar surface area (TPSA) is 50.9 Å². The smallest absolute Gasteiger partial charge is 0.0574 e. The maximum atomic E-state index is 5.27. The first-order valence-electron chi connectivity index (χ1n) is 3.13. The van der Waals surface area contributed by atoms with Crippen molar-refractivity contribution in [3.8, 4) is 0 Å². The van der Waals surface area contributed by atoms with Crippen molar-refractivity contribution in [1.29, 1.82) is 0 Å². The molecule has 0 aliphatic rings. The molecular weight excluding hydrogens is 126 g/mol. The molecule has 0 aliphatic heterocycles. The van der Waals surface area contributed by atoms with E-state index in [9.17, 15) is 0 Å². The minimum absolute atomic E-state index is 0.968. The average Bonchev–Trinajstić information content (AvgIpc) is 1.88. The number of nitrogens with one attached hydrogen (secondary N) is 1. The van der Waals surface area contributed by atoms with Gasteiger partial charge in [0, 0.05) is 12.4 Å². The minimum atomic E-state index is 0.968. The van der Waals surface area contributed by atoms with Gasteiger partial charge < -0.3 is 5.43 Å². The van der Waals surface area contributed by atoms with Gasteiger partial charge in [0.1, 0.15) is 0 Å². The molecule has 10 heavy (non-hydrogen) atoms. The maximum Gasteiger partial charge on any atom is 0.0574 e. The number of aryl methyl sites for hydroxylation is 2. The van der Waals surface area contributed by atoms with Crippen LogP contribution in [0, 0.1) is 13.8 Å². The molecule has 0 amide bonds. The van der Waals surface area contributed by atoms with E-state index in [2.05, 4.69) is 10.4 Å². The minimum Gasteiger partial charge on any atom is -0.323 e. The van der Waals surface area contributed by atoms with Gasteiger partial charge in [-0.05, 0) is 25.0 Å². The lowest BCUT2D eigenvalue weighted by Crippen LogP contribution is -2.09. The monoisotopic (exact) mass is 137 g/mol. The lowest BCUT2D eigenvalue weighted by molar-refractivity contribution is 1.19. The van der Waals surface area contributed by atoms with Crippen LogP contribution in [0.5, 0.6) is 0 Å². The third-order valence-corrected chi connectivity index (χ3v) is 1.47. The number of pyridine rings is 1. The van der Waals surface area contributed by atoms with E-state index >= 15 is 0 Å². The molecule has 0 saturated heterocycles. The number of aromatic nitrogens is 1. The first-order chi connectivity index (χ1) is 4.75. The molecule has 0 atom stereocenters. The van der Waals surface area contributed by atoms with E-state index in [1.165, 1.54) is 0 Å². The molecular formula is C7H11N3. The van der Waals surface area contributed by atoms with Crippen molar-refractivity contribution in [2.75, 3.05) is 5.43 Å². The van der Waals surface area contributed by atoms with Gasteiger partial charge in [-0.2, -0.15) is 0 Å². The second kappa shape index (κ2) is 2.66. The summed E-state index contributed by atoms with van der Waals surface area (Å²) < 4.78 is 0. The zero-order valence-corrected chi connectivity index (χ0v) is 6.18. The van der Waals surface area contributed by atoms with E-state index in [0.717, 1.165) is 16.8 Å². The standard InChI is InChI=1S/C7H11N3/c1-5-3-9-4-6(2)7(5)10-8/h3-4H,8H2,1-2H3,(H,9,10). The van der Waals surface area contributed by atoms with Crippen molar-refractivity contribution in [1.82, 2.24) is 4.98 Å². The van der Waals surface area contributed by atoms with E-state index in [4.69, 9.17) is 5.84 Å². The van der Waals surface area contributed by atoms with E-state index in [1.54, 1.807) is 12.4 Å². The molecule has 1 rings (SSSR count). The molecule has 54 valence electrons. The molecule has 1 aromatic heterocycles. The molecule has 0 spiro atoms. The number of nitrogen functional groups attached to an aromatic ring is 1. The van der Waals surface area contributed by atoms with Crippen LogP contribution in [0.4, 0.5) is 5.69 Å². The summed E-state index contributed by atoms with van der Waals surface area (Å²) in [6, 6.07) is 0. The lowest BCUT2D eigenvalue weighted by Gasteiger charge is -2.05. The Morgan fingerprint density at radius 3 is 2.10 bits per heavy atom. The van der Waals surface area contributed by atoms with Gasteiger partial charge in [0.15, 0.2) is 0 Å². The van der Waals surface area contributed by atoms with Gasteiger partial charge in [0.05, 0.1) is 5.69 Å². The summed E-state index contributed by atoms with van der Waals surface area (Å²) >= 11 is 0. The molecule has 0 fully saturated rings. The Bertz CT molecular complexity index is 212. The molecule has 0 aliphatic carbocycles. The molecule has 0 bridgehead atoms. The normalized spacial score (nSPS) is 9.50. The summed E-state index contributed by atoms with van der Waals surface area (Å²) in [6.07, 6.45) is 3.56. The number of nitrogens with zero attached hydrogens (tertiary/aromatic N) is 1. The Morgan fingerprint density at radius 2 is 1.80 bits per heavy atom. The molecule has 0 unspecified atom stereocenters. The molecule has 0 aromatic carbocycles. The fraction of sp³-hybridized carbons (Fsp3) is 0.286. The predicted molar refractivity (Wildman–Crippen MR) is 41.5 cm³/mol. The number of hydrogen-bond acceptors (Lipinski definition) is 3. The Balaban J connectivity index is 3.17. The molecule has 3 nitrogen and oxygen atoms in total. The van der Waals surface area contributed by atoms with Crippen molar-refractivity contribution in [3.63, 3.8) is 0 Å². The van der Waals surface area contributed by atoms with E-state index in [0.29, 0.717) is 0 Å². The zero-order valence-electron chi connectivity index (χ0n) is 6.18. The third-order valence-electron chi connectivity index (χ3n) is 1.47. The Labute approximate surface area is 60.2 Å². The van der Waals surface area contributed by atoms with Crippen LogP contribution >= 0.6 is 0 Å². The van der Waals surface area contributed by atoms with Crippen molar-refractivity contribution in [3.05, 3.63) is 23.5 Å². The zero-order chi connectivity index (χ0) is 7.56. The van der Waals surface area contributed by atoms with Gasteiger partial charge in [-0.25, -0.2) is 0 Å². The van der Waals surface area contributed by atoms with Gasteiger partial charge >= 0.3 is 0 Å². The quantitative estimate of drug-likeness (QED) is 0.448. The highest BCUT2D eigenvalue weighted by atomic mass is 15.2. The lowest BCUT2D eigenvalue weighted by atomic mass is 10.2. The number of rotatable bonds is 1. The Hall–Kier alpha value is -1.09. The van der Waals surface area contributed by atoms with Crippen molar-refractivity contribution in [2.45, 2.75) is 13.8 Å². The van der Waals surface area contributed by atoms with Gasteiger partial charge in [0.25, 0.3) is 0 Å². The van der Waals surface area contributed by atoms with Gasteiger partial charge in [0.2, 0.25) is 0 Å². The summed E-state index contributed by atoms with van der Waals surface area (Å²) in [5.74, 6) is 5.27. The molecule has 1 heterocycles. The van der Waals surface area contributed by atoms with Crippen LogP contribution in [0.3, 0.4) is 0 Å². The van der Waals surface area contributed by atoms with Crippen molar-refractivity contribution >= 4 is 5.69 Å². The van der Waals surface area contributed by atoms with Crippen LogP contribution in [0.1, 0.15) is 11.1 Å². The number of hydrazine groups is 1.